The molecule has 0 unspecified atom stereocenters. The monoisotopic (exact) mass is 1050 g/mol. The molecule has 0 aliphatic rings. The summed E-state index contributed by atoms with van der Waals surface area (Å²) in [7, 11) is 0. The van der Waals surface area contributed by atoms with Crippen molar-refractivity contribution in [3.63, 3.8) is 0 Å². The second-order valence-electron chi connectivity index (χ2n) is 21.1. The van der Waals surface area contributed by atoms with Crippen LogP contribution in [0.25, 0.3) is 177 Å². The van der Waals surface area contributed by atoms with Gasteiger partial charge in [0.25, 0.3) is 0 Å². The zero-order valence-electron chi connectivity index (χ0n) is 43.4. The van der Waals surface area contributed by atoms with Crippen LogP contribution < -0.4 is 0 Å². The molecule has 0 saturated heterocycles. The van der Waals surface area contributed by atoms with Crippen molar-refractivity contribution in [2.75, 3.05) is 0 Å². The van der Waals surface area contributed by atoms with Crippen LogP contribution in [0.15, 0.2) is 261 Å². The van der Waals surface area contributed by atoms with Crippen molar-refractivity contribution >= 4 is 132 Å². The van der Waals surface area contributed by atoms with E-state index in [0.29, 0.717) is 34.2 Å². The summed E-state index contributed by atoms with van der Waals surface area (Å²) in [6.07, 6.45) is 3.75. The van der Waals surface area contributed by atoms with E-state index in [1.807, 2.05) is 48.8 Å². The Labute approximate surface area is 463 Å². The summed E-state index contributed by atoms with van der Waals surface area (Å²) in [5.74, 6) is 0. The van der Waals surface area contributed by atoms with Gasteiger partial charge in [-0.2, -0.15) is 0 Å². The summed E-state index contributed by atoms with van der Waals surface area (Å²) in [5.41, 5.74) is 15.5. The number of nitrogens with zero attached hydrogens (tertiary/aromatic N) is 6. The van der Waals surface area contributed by atoms with Crippen LogP contribution in [0.4, 0.5) is 0 Å². The first-order valence-corrected chi connectivity index (χ1v) is 27.5. The van der Waals surface area contributed by atoms with E-state index >= 15 is 0 Å². The number of benzene rings is 9. The van der Waals surface area contributed by atoms with Gasteiger partial charge in [0.2, 0.25) is 22.9 Å². The van der Waals surface area contributed by atoms with Gasteiger partial charge in [-0.3, -0.25) is 28.2 Å². The summed E-state index contributed by atoms with van der Waals surface area (Å²) in [6.45, 7) is 0. The molecule has 9 aromatic carbocycles. The standard InChI is InChI=1S/C72H40N6O4/c1-9-31-51-41(21-1)59-45-25-5-13-35-55(45)79-69(59)75(51)65-63(49-29-17-19-39-73-49)64(50-30-18-20-40-74-50)66(76-52-32-10-2-22-42(52)60-46-26-6-14-36-56(46)80-70(60)76)68(78-54-34-12-4-24-44(54)62-48-28-8-16-38-58(48)82-72(62)78)67(65)77-53-33-11-3-23-43(53)61-47-27-7-15-37-57(47)81-71(61)77/h1-40H. The van der Waals surface area contributed by atoms with E-state index < -0.39 is 0 Å². The first-order valence-electron chi connectivity index (χ1n) is 27.5. The molecule has 19 rings (SSSR count). The van der Waals surface area contributed by atoms with Crippen molar-refractivity contribution in [2.24, 2.45) is 0 Å². The van der Waals surface area contributed by atoms with Gasteiger partial charge in [0, 0.05) is 66.6 Å². The first-order chi connectivity index (χ1) is 40.8. The molecule has 0 bridgehead atoms. The molecule has 0 radical (unpaired) electrons. The number of fused-ring (bicyclic) bond motifs is 20. The molecule has 19 aromatic rings. The fourth-order valence-corrected chi connectivity index (χ4v) is 13.7. The second-order valence-corrected chi connectivity index (χ2v) is 21.1. The van der Waals surface area contributed by atoms with Crippen LogP contribution in [-0.4, -0.2) is 28.2 Å². The summed E-state index contributed by atoms with van der Waals surface area (Å²) < 4.78 is 39.0. The Morgan fingerprint density at radius 2 is 0.476 bits per heavy atom. The third kappa shape index (κ3) is 5.61. The minimum atomic E-state index is 0.661. The third-order valence-electron chi connectivity index (χ3n) is 16.9. The molecule has 0 aliphatic carbocycles. The molecule has 10 nitrogen and oxygen atoms in total. The fraction of sp³-hybridized carbons (Fsp3) is 0. The number of furan rings is 4. The van der Waals surface area contributed by atoms with Crippen molar-refractivity contribution in [1.82, 2.24) is 28.2 Å². The van der Waals surface area contributed by atoms with Crippen molar-refractivity contribution < 1.29 is 17.7 Å². The highest BCUT2D eigenvalue weighted by Crippen LogP contribution is 2.56. The molecule has 0 saturated carbocycles. The van der Waals surface area contributed by atoms with E-state index in [1.165, 1.54) is 0 Å². The van der Waals surface area contributed by atoms with Gasteiger partial charge in [-0.05, 0) is 72.8 Å². The maximum Gasteiger partial charge on any atom is 0.213 e. The predicted molar refractivity (Wildman–Crippen MR) is 329 cm³/mol. The third-order valence-corrected chi connectivity index (χ3v) is 16.9. The van der Waals surface area contributed by atoms with Crippen molar-refractivity contribution in [1.29, 1.82) is 0 Å². The minimum Gasteiger partial charge on any atom is -0.439 e. The van der Waals surface area contributed by atoms with Gasteiger partial charge in [-0.1, -0.05) is 158 Å². The Hall–Kier alpha value is -11.4. The van der Waals surface area contributed by atoms with Crippen LogP contribution >= 0.6 is 0 Å². The van der Waals surface area contributed by atoms with Crippen LogP contribution in [0, 0.1) is 0 Å². The topological polar surface area (TPSA) is 98.1 Å². The number of aromatic nitrogens is 6. The zero-order chi connectivity index (χ0) is 53.3. The normalized spacial score (nSPS) is 12.4. The Morgan fingerprint density at radius 1 is 0.232 bits per heavy atom. The Kier molecular flexibility index (Phi) is 8.57. The van der Waals surface area contributed by atoms with Gasteiger partial charge in [0.1, 0.15) is 33.7 Å². The maximum atomic E-state index is 7.43. The van der Waals surface area contributed by atoms with Gasteiger partial charge in [-0.25, -0.2) is 0 Å². The number of pyridine rings is 2. The highest BCUT2D eigenvalue weighted by Gasteiger charge is 2.39. The first kappa shape index (κ1) is 43.6. The lowest BCUT2D eigenvalue weighted by Gasteiger charge is -2.29. The molecule has 0 amide bonds. The number of hydrogen-bond acceptors (Lipinski definition) is 6. The van der Waals surface area contributed by atoms with E-state index in [9.17, 15) is 0 Å². The molecule has 382 valence electrons. The van der Waals surface area contributed by atoms with Crippen LogP contribution in [-0.2, 0) is 0 Å². The van der Waals surface area contributed by atoms with E-state index in [1.54, 1.807) is 0 Å². The highest BCUT2D eigenvalue weighted by atomic mass is 16.4. The lowest BCUT2D eigenvalue weighted by atomic mass is 9.92. The Balaban J connectivity index is 1.20. The van der Waals surface area contributed by atoms with Gasteiger partial charge < -0.3 is 17.7 Å². The van der Waals surface area contributed by atoms with Gasteiger partial charge >= 0.3 is 0 Å². The Morgan fingerprint density at radius 3 is 0.756 bits per heavy atom. The summed E-state index contributed by atoms with van der Waals surface area (Å²) in [6, 6.07) is 80.2. The van der Waals surface area contributed by atoms with Gasteiger partial charge in [0.05, 0.1) is 66.4 Å². The van der Waals surface area contributed by atoms with E-state index in [0.717, 1.165) is 143 Å². The fourth-order valence-electron chi connectivity index (χ4n) is 13.7. The van der Waals surface area contributed by atoms with Crippen LogP contribution in [0.1, 0.15) is 0 Å². The van der Waals surface area contributed by atoms with Crippen LogP contribution in [0.2, 0.25) is 0 Å². The quantitative estimate of drug-likeness (QED) is 0.165. The molecule has 0 fully saturated rings. The molecule has 0 atom stereocenters. The summed E-state index contributed by atoms with van der Waals surface area (Å²) in [4.78, 5) is 10.9. The number of rotatable bonds is 6. The molecule has 0 aliphatic heterocycles. The molecule has 0 spiro atoms. The van der Waals surface area contributed by atoms with Crippen LogP contribution in [0.3, 0.4) is 0 Å². The smallest absolute Gasteiger partial charge is 0.213 e. The average molecular weight is 1050 g/mol. The molecule has 82 heavy (non-hydrogen) atoms. The SMILES string of the molecule is c1ccc(-c2c(-c3ccccn3)c(-n3c4ccccc4c4c5ccccc5oc43)c(-n3c4ccccc4c4c5ccccc5oc43)c(-n3c4ccccc4c4c5ccccc5oc43)c2-n2c3ccccc3c3c4ccccc4oc32)nc1. The van der Waals surface area contributed by atoms with Crippen molar-refractivity contribution in [2.45, 2.75) is 0 Å². The van der Waals surface area contributed by atoms with E-state index in [-0.39, 0.29) is 0 Å². The van der Waals surface area contributed by atoms with Crippen molar-refractivity contribution in [3.05, 3.63) is 243 Å². The average Bonchev–Trinajstić information content (AvgIpc) is 3.26. The molecule has 0 N–H and O–H groups in total. The predicted octanol–water partition coefficient (Wildman–Crippen LogP) is 19.2. The number of hydrogen-bond donors (Lipinski definition) is 0. The van der Waals surface area contributed by atoms with Crippen LogP contribution in [0.5, 0.6) is 0 Å². The highest BCUT2D eigenvalue weighted by molar-refractivity contribution is 6.26. The van der Waals surface area contributed by atoms with Crippen molar-refractivity contribution in [3.8, 4) is 45.3 Å². The lowest BCUT2D eigenvalue weighted by Crippen LogP contribution is -2.16. The molecular formula is C72H40N6O4. The van der Waals surface area contributed by atoms with E-state index in [4.69, 9.17) is 27.6 Å². The molecule has 10 aromatic heterocycles. The zero-order valence-corrected chi connectivity index (χ0v) is 43.4. The number of para-hydroxylation sites is 8. The van der Waals surface area contributed by atoms with E-state index in [2.05, 4.69) is 212 Å². The molecule has 10 heteroatoms. The lowest BCUT2D eigenvalue weighted by molar-refractivity contribution is 0.635. The molecular weight excluding hydrogens is 1010 g/mol. The minimum absolute atomic E-state index is 0.661. The van der Waals surface area contributed by atoms with Gasteiger partial charge in [0.15, 0.2) is 0 Å². The summed E-state index contributed by atoms with van der Waals surface area (Å²) in [5, 5.41) is 12.1. The largest absolute Gasteiger partial charge is 0.439 e. The van der Waals surface area contributed by atoms with Gasteiger partial charge in [-0.15, -0.1) is 0 Å². The second kappa shape index (κ2) is 16.1. The molecule has 10 heterocycles. The summed E-state index contributed by atoms with van der Waals surface area (Å²) >= 11 is 0. The maximum absolute atomic E-state index is 7.43. The Bertz CT molecular complexity index is 5540.